The monoisotopic (exact) mass is 617 g/mol. The lowest BCUT2D eigenvalue weighted by atomic mass is 9.78. The van der Waals surface area contributed by atoms with Gasteiger partial charge in [-0.25, -0.2) is 4.98 Å². The van der Waals surface area contributed by atoms with E-state index in [2.05, 4.69) is 137 Å². The third kappa shape index (κ3) is 4.30. The smallest absolute Gasteiger partial charge is 0.140 e. The van der Waals surface area contributed by atoms with Crippen LogP contribution in [0.4, 0.5) is 11.5 Å². The minimum Gasteiger partial charge on any atom is -0.319 e. The van der Waals surface area contributed by atoms with Gasteiger partial charge < -0.3 is 4.90 Å². The van der Waals surface area contributed by atoms with Crippen molar-refractivity contribution in [1.82, 2.24) is 14.5 Å². The van der Waals surface area contributed by atoms with E-state index in [-0.39, 0.29) is 6.04 Å². The molecule has 0 spiro atoms. The molecule has 2 bridgehead atoms. The van der Waals surface area contributed by atoms with Crippen molar-refractivity contribution >= 4 is 33.3 Å². The zero-order valence-corrected chi connectivity index (χ0v) is 26.4. The number of rotatable bonds is 4. The average molecular weight is 618 g/mol. The molecule has 3 aromatic heterocycles. The molecule has 228 valence electrons. The van der Waals surface area contributed by atoms with Crippen molar-refractivity contribution in [1.29, 1.82) is 5.26 Å². The normalized spacial score (nSPS) is 18.1. The third-order valence-electron chi connectivity index (χ3n) is 10.0. The highest BCUT2D eigenvalue weighted by Crippen LogP contribution is 2.48. The number of anilines is 2. The Bertz CT molecular complexity index is 2420. The van der Waals surface area contributed by atoms with Crippen molar-refractivity contribution < 1.29 is 0 Å². The fourth-order valence-corrected chi connectivity index (χ4v) is 7.80. The lowest BCUT2D eigenvalue weighted by molar-refractivity contribution is 0.446. The van der Waals surface area contributed by atoms with Crippen LogP contribution in [-0.4, -0.2) is 20.6 Å². The maximum absolute atomic E-state index is 10.1. The predicted octanol–water partition coefficient (Wildman–Crippen LogP) is 10.1. The number of para-hydroxylation sites is 2. The van der Waals surface area contributed by atoms with Gasteiger partial charge in [0.15, 0.2) is 0 Å². The van der Waals surface area contributed by atoms with E-state index in [0.29, 0.717) is 17.4 Å². The Morgan fingerprint density at radius 2 is 1.40 bits per heavy atom. The summed E-state index contributed by atoms with van der Waals surface area (Å²) in [5.41, 5.74) is 9.18. The molecule has 4 aromatic carbocycles. The molecule has 3 unspecified atom stereocenters. The summed E-state index contributed by atoms with van der Waals surface area (Å²) in [7, 11) is 0. The molecule has 1 aliphatic carbocycles. The molecule has 0 amide bonds. The summed E-state index contributed by atoms with van der Waals surface area (Å²) in [6, 6.07) is 42.4. The highest BCUT2D eigenvalue weighted by molar-refractivity contribution is 6.09. The van der Waals surface area contributed by atoms with Crippen LogP contribution in [0.25, 0.3) is 49.9 Å². The Kier molecular flexibility index (Phi) is 6.55. The van der Waals surface area contributed by atoms with Gasteiger partial charge in [-0.3, -0.25) is 9.55 Å². The molecule has 48 heavy (non-hydrogen) atoms. The number of benzene rings is 4. The van der Waals surface area contributed by atoms with E-state index in [1.165, 1.54) is 11.3 Å². The molecular weight excluding hydrogens is 587 g/mol. The first-order chi connectivity index (χ1) is 23.7. The van der Waals surface area contributed by atoms with E-state index in [9.17, 15) is 5.26 Å². The first-order valence-electron chi connectivity index (χ1n) is 16.4. The molecule has 0 radical (unpaired) electrons. The van der Waals surface area contributed by atoms with Crippen molar-refractivity contribution in [3.05, 3.63) is 163 Å². The molecule has 0 N–H and O–H groups in total. The van der Waals surface area contributed by atoms with Gasteiger partial charge in [0.25, 0.3) is 0 Å². The number of hydrogen-bond donors (Lipinski definition) is 0. The summed E-state index contributed by atoms with van der Waals surface area (Å²) < 4.78 is 2.24. The molecule has 7 aromatic rings. The van der Waals surface area contributed by atoms with Crippen LogP contribution in [-0.2, 0) is 0 Å². The molecule has 3 atom stereocenters. The number of fused-ring (bicyclic) bond motifs is 7. The Morgan fingerprint density at radius 3 is 2.29 bits per heavy atom. The third-order valence-corrected chi connectivity index (χ3v) is 10.0. The second kappa shape index (κ2) is 11.2. The quantitative estimate of drug-likeness (QED) is 0.197. The molecule has 0 fully saturated rings. The van der Waals surface area contributed by atoms with Crippen LogP contribution in [0.3, 0.4) is 0 Å². The van der Waals surface area contributed by atoms with Gasteiger partial charge in [0.2, 0.25) is 0 Å². The van der Waals surface area contributed by atoms with Crippen LogP contribution in [0.15, 0.2) is 152 Å². The van der Waals surface area contributed by atoms with Crippen LogP contribution < -0.4 is 4.90 Å². The summed E-state index contributed by atoms with van der Waals surface area (Å²) in [6.07, 6.45) is 12.8. The molecule has 5 heteroatoms. The van der Waals surface area contributed by atoms with E-state index in [1.54, 1.807) is 0 Å². The molecule has 9 rings (SSSR count). The summed E-state index contributed by atoms with van der Waals surface area (Å²) in [6.45, 7) is 2.34. The van der Waals surface area contributed by atoms with Gasteiger partial charge in [0.05, 0.1) is 34.9 Å². The SMILES string of the molecule is CC1C2C=CC=CC1N(c1cc(-c3ccccc3-c3ccccc3C#N)cc(-n3c4ccccc4c4ccncc43)n1)c1ccccc12. The zero-order chi connectivity index (χ0) is 32.2. The molecule has 0 saturated carbocycles. The zero-order valence-electron chi connectivity index (χ0n) is 26.4. The van der Waals surface area contributed by atoms with E-state index in [0.717, 1.165) is 55.7 Å². The van der Waals surface area contributed by atoms with E-state index >= 15 is 0 Å². The van der Waals surface area contributed by atoms with E-state index in [4.69, 9.17) is 4.98 Å². The Balaban J connectivity index is 1.36. The fourth-order valence-electron chi connectivity index (χ4n) is 7.80. The largest absolute Gasteiger partial charge is 0.319 e. The van der Waals surface area contributed by atoms with Gasteiger partial charge in [-0.2, -0.15) is 5.26 Å². The number of nitrogens with zero attached hydrogens (tertiary/aromatic N) is 5. The Labute approximate surface area is 279 Å². The van der Waals surface area contributed by atoms with Crippen molar-refractivity contribution in [2.45, 2.75) is 18.9 Å². The number of pyridine rings is 2. The van der Waals surface area contributed by atoms with Crippen LogP contribution >= 0.6 is 0 Å². The predicted molar refractivity (Wildman–Crippen MR) is 195 cm³/mol. The minimum absolute atomic E-state index is 0.102. The first kappa shape index (κ1) is 28.0. The van der Waals surface area contributed by atoms with Gasteiger partial charge >= 0.3 is 0 Å². The fraction of sp³-hybridized carbons (Fsp3) is 0.0930. The lowest BCUT2D eigenvalue weighted by Gasteiger charge is -2.43. The van der Waals surface area contributed by atoms with Crippen LogP contribution in [0, 0.1) is 17.2 Å². The summed E-state index contributed by atoms with van der Waals surface area (Å²) in [5, 5.41) is 12.4. The van der Waals surface area contributed by atoms with Crippen molar-refractivity contribution in [3.8, 4) is 34.1 Å². The van der Waals surface area contributed by atoms with Gasteiger partial charge in [-0.1, -0.05) is 110 Å². The molecule has 5 nitrogen and oxygen atoms in total. The van der Waals surface area contributed by atoms with Gasteiger partial charge in [0.1, 0.15) is 11.6 Å². The summed E-state index contributed by atoms with van der Waals surface area (Å²) in [4.78, 5) is 12.5. The van der Waals surface area contributed by atoms with Crippen molar-refractivity contribution in [2.75, 3.05) is 4.90 Å². The number of hydrogen-bond acceptors (Lipinski definition) is 4. The first-order valence-corrected chi connectivity index (χ1v) is 16.4. The maximum atomic E-state index is 10.1. The second-order valence-corrected chi connectivity index (χ2v) is 12.6. The Hall–Kier alpha value is -6.25. The van der Waals surface area contributed by atoms with Crippen molar-refractivity contribution in [2.24, 2.45) is 5.92 Å². The molecule has 4 heterocycles. The van der Waals surface area contributed by atoms with E-state index < -0.39 is 0 Å². The number of aromatic nitrogens is 3. The highest BCUT2D eigenvalue weighted by atomic mass is 15.2. The maximum Gasteiger partial charge on any atom is 0.140 e. The highest BCUT2D eigenvalue weighted by Gasteiger charge is 2.38. The molecule has 0 saturated heterocycles. The molecule has 1 aliphatic heterocycles. The number of allylic oxidation sites excluding steroid dienone is 3. The van der Waals surface area contributed by atoms with Crippen molar-refractivity contribution in [3.63, 3.8) is 0 Å². The standard InChI is InChI=1S/C43H31N5/c1-28-31-13-6-9-19-38(28)47(39-20-10-7-17-35(31)39)42-24-30(33-15-4-5-16-34(33)32-14-3-2-12-29(32)26-44)25-43(46-42)48-40-21-11-8-18-36(40)37-22-23-45-27-41(37)48/h2-25,27-28,31,38H,1H3. The van der Waals surface area contributed by atoms with Gasteiger partial charge in [-0.05, 0) is 64.6 Å². The second-order valence-electron chi connectivity index (χ2n) is 12.6. The average Bonchev–Trinajstić information content (AvgIpc) is 3.41. The Morgan fingerprint density at radius 1 is 0.688 bits per heavy atom. The van der Waals surface area contributed by atoms with Crippen LogP contribution in [0.5, 0.6) is 0 Å². The van der Waals surface area contributed by atoms with Crippen LogP contribution in [0.2, 0.25) is 0 Å². The lowest BCUT2D eigenvalue weighted by Crippen LogP contribution is -2.42. The van der Waals surface area contributed by atoms with Gasteiger partial charge in [0, 0.05) is 34.1 Å². The molecular formula is C43H31N5. The minimum atomic E-state index is 0.102. The van der Waals surface area contributed by atoms with Gasteiger partial charge in [-0.15, -0.1) is 0 Å². The van der Waals surface area contributed by atoms with Crippen LogP contribution in [0.1, 0.15) is 24.0 Å². The van der Waals surface area contributed by atoms with E-state index in [1.807, 2.05) is 42.7 Å². The summed E-state index contributed by atoms with van der Waals surface area (Å²) >= 11 is 0. The summed E-state index contributed by atoms with van der Waals surface area (Å²) in [5.74, 6) is 2.32. The topological polar surface area (TPSA) is 57.7 Å². The number of nitriles is 1. The molecule has 2 aliphatic rings.